The van der Waals surface area contributed by atoms with E-state index in [-0.39, 0.29) is 12.3 Å². The zero-order valence-electron chi connectivity index (χ0n) is 14.8. The number of methoxy groups -OCH3 is 1. The van der Waals surface area contributed by atoms with Crippen molar-refractivity contribution < 1.29 is 27.4 Å². The number of halogens is 3. The van der Waals surface area contributed by atoms with Crippen LogP contribution in [0.5, 0.6) is 11.5 Å². The maximum absolute atomic E-state index is 13.8. The number of hydrogen-bond donors (Lipinski definition) is 1. The molecule has 7 heteroatoms. The SMILES string of the molecule is COc1ccc(COc2cccc(F)c2)cc1NC(=O)c1c(F)cccc1F. The third-order valence-electron chi connectivity index (χ3n) is 3.90. The van der Waals surface area contributed by atoms with Crippen molar-refractivity contribution in [1.82, 2.24) is 0 Å². The van der Waals surface area contributed by atoms with E-state index in [0.717, 1.165) is 12.1 Å². The second-order valence-electron chi connectivity index (χ2n) is 5.83. The van der Waals surface area contributed by atoms with Crippen LogP contribution in [0.1, 0.15) is 15.9 Å². The average molecular weight is 387 g/mol. The molecule has 0 aliphatic rings. The van der Waals surface area contributed by atoms with Crippen LogP contribution < -0.4 is 14.8 Å². The largest absolute Gasteiger partial charge is 0.495 e. The van der Waals surface area contributed by atoms with Crippen molar-refractivity contribution in [3.8, 4) is 11.5 Å². The van der Waals surface area contributed by atoms with Gasteiger partial charge in [-0.1, -0.05) is 18.2 Å². The molecule has 0 fully saturated rings. The molecule has 4 nitrogen and oxygen atoms in total. The van der Waals surface area contributed by atoms with Crippen LogP contribution in [0.15, 0.2) is 60.7 Å². The summed E-state index contributed by atoms with van der Waals surface area (Å²) in [6.45, 7) is 0.0877. The van der Waals surface area contributed by atoms with Crippen molar-refractivity contribution in [2.75, 3.05) is 12.4 Å². The minimum Gasteiger partial charge on any atom is -0.495 e. The topological polar surface area (TPSA) is 47.6 Å². The molecule has 3 rings (SSSR count). The van der Waals surface area contributed by atoms with Gasteiger partial charge in [-0.3, -0.25) is 4.79 Å². The molecule has 28 heavy (non-hydrogen) atoms. The molecule has 3 aromatic carbocycles. The second-order valence-corrected chi connectivity index (χ2v) is 5.83. The van der Waals surface area contributed by atoms with Crippen LogP contribution in [0.3, 0.4) is 0 Å². The molecular formula is C21H16F3NO3. The van der Waals surface area contributed by atoms with Gasteiger partial charge in [-0.15, -0.1) is 0 Å². The van der Waals surface area contributed by atoms with Gasteiger partial charge in [-0.25, -0.2) is 13.2 Å². The average Bonchev–Trinajstić information content (AvgIpc) is 2.66. The minimum absolute atomic E-state index is 0.0877. The second kappa shape index (κ2) is 8.47. The monoisotopic (exact) mass is 387 g/mol. The molecule has 3 aromatic rings. The van der Waals surface area contributed by atoms with E-state index in [0.29, 0.717) is 17.1 Å². The number of amides is 1. The highest BCUT2D eigenvalue weighted by Crippen LogP contribution is 2.27. The summed E-state index contributed by atoms with van der Waals surface area (Å²) in [5, 5.41) is 2.45. The third kappa shape index (κ3) is 4.43. The van der Waals surface area contributed by atoms with Gasteiger partial charge >= 0.3 is 0 Å². The van der Waals surface area contributed by atoms with Crippen molar-refractivity contribution in [3.63, 3.8) is 0 Å². The first-order chi connectivity index (χ1) is 13.5. The molecule has 144 valence electrons. The van der Waals surface area contributed by atoms with Gasteiger partial charge in [0.2, 0.25) is 0 Å². The summed E-state index contributed by atoms with van der Waals surface area (Å²) in [6.07, 6.45) is 0. The van der Waals surface area contributed by atoms with Crippen LogP contribution in [-0.4, -0.2) is 13.0 Å². The molecule has 0 bridgehead atoms. The molecule has 0 saturated carbocycles. The Morgan fingerprint density at radius 2 is 1.68 bits per heavy atom. The van der Waals surface area contributed by atoms with Crippen molar-refractivity contribution in [3.05, 3.63) is 89.2 Å². The molecule has 0 aliphatic carbocycles. The van der Waals surface area contributed by atoms with E-state index in [1.807, 2.05) is 0 Å². The lowest BCUT2D eigenvalue weighted by atomic mass is 10.1. The van der Waals surface area contributed by atoms with Crippen LogP contribution in [-0.2, 0) is 6.61 Å². The Kier molecular flexibility index (Phi) is 5.84. The molecule has 0 saturated heterocycles. The molecule has 0 unspecified atom stereocenters. The highest BCUT2D eigenvalue weighted by molar-refractivity contribution is 6.05. The Morgan fingerprint density at radius 1 is 0.964 bits per heavy atom. The Hall–Kier alpha value is -3.48. The van der Waals surface area contributed by atoms with Gasteiger partial charge in [-0.05, 0) is 42.0 Å². The molecule has 0 heterocycles. The van der Waals surface area contributed by atoms with Gasteiger partial charge < -0.3 is 14.8 Å². The van der Waals surface area contributed by atoms with Gasteiger partial charge in [0.25, 0.3) is 5.91 Å². The lowest BCUT2D eigenvalue weighted by molar-refractivity contribution is 0.101. The number of ether oxygens (including phenoxy) is 2. The summed E-state index contributed by atoms with van der Waals surface area (Å²) in [4.78, 5) is 12.3. The zero-order chi connectivity index (χ0) is 20.1. The highest BCUT2D eigenvalue weighted by Gasteiger charge is 2.18. The predicted octanol–water partition coefficient (Wildman–Crippen LogP) is 4.94. The Balaban J connectivity index is 1.80. The number of hydrogen-bond acceptors (Lipinski definition) is 3. The first kappa shape index (κ1) is 19.3. The first-order valence-electron chi connectivity index (χ1n) is 8.28. The van der Waals surface area contributed by atoms with Gasteiger partial charge in [0.15, 0.2) is 0 Å². The van der Waals surface area contributed by atoms with E-state index in [1.165, 1.54) is 31.4 Å². The molecule has 0 spiro atoms. The molecule has 1 amide bonds. The van der Waals surface area contributed by atoms with Gasteiger partial charge in [0.05, 0.1) is 12.8 Å². The molecule has 0 aromatic heterocycles. The van der Waals surface area contributed by atoms with Crippen molar-refractivity contribution in [1.29, 1.82) is 0 Å². The summed E-state index contributed by atoms with van der Waals surface area (Å²) in [5.74, 6) is -2.66. The summed E-state index contributed by atoms with van der Waals surface area (Å²) < 4.78 is 51.6. The van der Waals surface area contributed by atoms with Crippen molar-refractivity contribution >= 4 is 11.6 Å². The molecule has 0 atom stereocenters. The number of carbonyl (C=O) groups excluding carboxylic acids is 1. The van der Waals surface area contributed by atoms with Crippen molar-refractivity contribution in [2.24, 2.45) is 0 Å². The van der Waals surface area contributed by atoms with E-state index in [2.05, 4.69) is 5.32 Å². The smallest absolute Gasteiger partial charge is 0.261 e. The molecule has 0 radical (unpaired) electrons. The van der Waals surface area contributed by atoms with Gasteiger partial charge in [0, 0.05) is 6.07 Å². The van der Waals surface area contributed by atoms with Crippen LogP contribution in [0.4, 0.5) is 18.9 Å². The number of rotatable bonds is 6. The van der Waals surface area contributed by atoms with Gasteiger partial charge in [0.1, 0.15) is 41.1 Å². The molecule has 1 N–H and O–H groups in total. The van der Waals surface area contributed by atoms with Crippen molar-refractivity contribution in [2.45, 2.75) is 6.61 Å². The van der Waals surface area contributed by atoms with Gasteiger partial charge in [-0.2, -0.15) is 0 Å². The van der Waals surface area contributed by atoms with E-state index in [4.69, 9.17) is 9.47 Å². The molecular weight excluding hydrogens is 371 g/mol. The molecule has 0 aliphatic heterocycles. The Bertz CT molecular complexity index is 988. The standard InChI is InChI=1S/C21H16F3NO3/c1-27-19-9-8-13(12-28-15-5-2-4-14(22)11-15)10-18(19)25-21(26)20-16(23)6-3-7-17(20)24/h2-11H,12H2,1H3,(H,25,26). The Morgan fingerprint density at radius 3 is 2.36 bits per heavy atom. The lowest BCUT2D eigenvalue weighted by Crippen LogP contribution is -2.16. The number of anilines is 1. The van der Waals surface area contributed by atoms with E-state index < -0.39 is 28.9 Å². The summed E-state index contributed by atoms with van der Waals surface area (Å²) in [6, 6.07) is 13.7. The summed E-state index contributed by atoms with van der Waals surface area (Å²) in [7, 11) is 1.40. The third-order valence-corrected chi connectivity index (χ3v) is 3.90. The quantitative estimate of drug-likeness (QED) is 0.652. The Labute approximate surface area is 159 Å². The first-order valence-corrected chi connectivity index (χ1v) is 8.28. The number of carbonyl (C=O) groups is 1. The predicted molar refractivity (Wildman–Crippen MR) is 98.0 cm³/mol. The normalized spacial score (nSPS) is 10.4. The van der Waals surface area contributed by atoms with E-state index in [9.17, 15) is 18.0 Å². The van der Waals surface area contributed by atoms with Crippen LogP contribution in [0, 0.1) is 17.5 Å². The van der Waals surface area contributed by atoms with E-state index in [1.54, 1.807) is 24.3 Å². The minimum atomic E-state index is -0.970. The summed E-state index contributed by atoms with van der Waals surface area (Å²) >= 11 is 0. The highest BCUT2D eigenvalue weighted by atomic mass is 19.1. The fourth-order valence-electron chi connectivity index (χ4n) is 2.57. The zero-order valence-corrected chi connectivity index (χ0v) is 14.8. The van der Waals surface area contributed by atoms with Crippen LogP contribution in [0.2, 0.25) is 0 Å². The van der Waals surface area contributed by atoms with E-state index >= 15 is 0 Å². The fraction of sp³-hybridized carbons (Fsp3) is 0.0952. The fourth-order valence-corrected chi connectivity index (χ4v) is 2.57. The van der Waals surface area contributed by atoms with Crippen LogP contribution in [0.25, 0.3) is 0 Å². The lowest BCUT2D eigenvalue weighted by Gasteiger charge is -2.13. The summed E-state index contributed by atoms with van der Waals surface area (Å²) in [5.41, 5.74) is 0.163. The number of nitrogens with one attached hydrogen (secondary N) is 1. The van der Waals surface area contributed by atoms with Crippen LogP contribution >= 0.6 is 0 Å². The number of benzene rings is 3. The maximum atomic E-state index is 13.8. The maximum Gasteiger partial charge on any atom is 0.261 e.